The zero-order chi connectivity index (χ0) is 10.5. The van der Waals surface area contributed by atoms with Crippen LogP contribution in [-0.4, -0.2) is 23.7 Å². The molecule has 0 unspecified atom stereocenters. The van der Waals surface area contributed by atoms with Crippen LogP contribution in [0.25, 0.3) is 0 Å². The van der Waals surface area contributed by atoms with Crippen LogP contribution in [0.5, 0.6) is 0 Å². The summed E-state index contributed by atoms with van der Waals surface area (Å²) < 4.78 is 0. The summed E-state index contributed by atoms with van der Waals surface area (Å²) >= 11 is 0. The van der Waals surface area contributed by atoms with Crippen LogP contribution in [0.3, 0.4) is 0 Å². The van der Waals surface area contributed by atoms with Gasteiger partial charge in [-0.15, -0.1) is 0 Å². The van der Waals surface area contributed by atoms with E-state index in [1.165, 1.54) is 0 Å². The van der Waals surface area contributed by atoms with Gasteiger partial charge in [0.1, 0.15) is 0 Å². The zero-order valence-electron chi connectivity index (χ0n) is 8.09. The molecule has 0 aliphatic rings. The predicted molar refractivity (Wildman–Crippen MR) is 49.4 cm³/mol. The van der Waals surface area contributed by atoms with E-state index in [0.29, 0.717) is 6.54 Å². The number of hydroxylamine groups is 1. The van der Waals surface area contributed by atoms with Crippen LogP contribution in [0.1, 0.15) is 20.8 Å². The first-order chi connectivity index (χ1) is 5.85. The Morgan fingerprint density at radius 3 is 2.38 bits per heavy atom. The topological polar surface area (TPSA) is 99.7 Å². The molecule has 0 aromatic rings. The van der Waals surface area contributed by atoms with Crippen molar-refractivity contribution >= 4 is 12.0 Å². The third kappa shape index (κ3) is 7.07. The highest BCUT2D eigenvalue weighted by Gasteiger charge is 2.10. The van der Waals surface area contributed by atoms with Crippen LogP contribution >= 0.6 is 0 Å². The van der Waals surface area contributed by atoms with Crippen LogP contribution < -0.4 is 16.5 Å². The lowest BCUT2D eigenvalue weighted by Gasteiger charge is -2.19. The Morgan fingerprint density at radius 1 is 1.54 bits per heavy atom. The van der Waals surface area contributed by atoms with Crippen LogP contribution in [0.15, 0.2) is 4.99 Å². The van der Waals surface area contributed by atoms with Gasteiger partial charge in [-0.2, -0.15) is 4.99 Å². The standard InChI is InChI=1S/C7H16N4O2/c1-7(2,3)4-9-6(11-13)10-5(8)12/h13H,4H2,1-3H3,(H4,8,9,10,11,12). The maximum absolute atomic E-state index is 10.3. The summed E-state index contributed by atoms with van der Waals surface area (Å²) in [4.78, 5) is 13.6. The molecule has 6 nitrogen and oxygen atoms in total. The molecule has 0 rings (SSSR count). The lowest BCUT2D eigenvalue weighted by molar-refractivity contribution is 0.225. The minimum absolute atomic E-state index is 0.0231. The summed E-state index contributed by atoms with van der Waals surface area (Å²) in [5, 5.41) is 11.2. The van der Waals surface area contributed by atoms with Gasteiger partial charge in [0, 0.05) is 6.54 Å². The van der Waals surface area contributed by atoms with Crippen molar-refractivity contribution in [2.75, 3.05) is 6.54 Å². The van der Waals surface area contributed by atoms with Gasteiger partial charge in [-0.05, 0) is 5.41 Å². The first-order valence-electron chi connectivity index (χ1n) is 3.87. The lowest BCUT2D eigenvalue weighted by Crippen LogP contribution is -2.40. The van der Waals surface area contributed by atoms with Crippen LogP contribution in [0.4, 0.5) is 4.79 Å². The number of carbonyl (C=O) groups is 1. The normalized spacial score (nSPS) is 12.5. The van der Waals surface area contributed by atoms with Gasteiger partial charge in [-0.25, -0.2) is 10.3 Å². The Hall–Kier alpha value is -1.30. The second-order valence-corrected chi connectivity index (χ2v) is 3.82. The second kappa shape index (κ2) is 4.66. The number of amides is 2. The Balaban J connectivity index is 4.08. The van der Waals surface area contributed by atoms with E-state index in [0.717, 1.165) is 0 Å². The summed E-state index contributed by atoms with van der Waals surface area (Å²) in [6, 6.07) is -0.863. The van der Waals surface area contributed by atoms with E-state index < -0.39 is 6.03 Å². The maximum atomic E-state index is 10.3. The van der Waals surface area contributed by atoms with Gasteiger partial charge >= 0.3 is 6.03 Å². The van der Waals surface area contributed by atoms with E-state index in [2.05, 4.69) is 10.3 Å². The number of hydrogen-bond donors (Lipinski definition) is 4. The molecule has 2 amide bonds. The third-order valence-electron chi connectivity index (χ3n) is 1.11. The Labute approximate surface area is 77.2 Å². The molecule has 0 radical (unpaired) electrons. The lowest BCUT2D eigenvalue weighted by atomic mass is 9.97. The number of urea groups is 1. The molecule has 76 valence electrons. The van der Waals surface area contributed by atoms with Gasteiger partial charge in [-0.1, -0.05) is 20.8 Å². The van der Waals surface area contributed by atoms with E-state index in [4.69, 9.17) is 10.9 Å². The molecule has 0 aromatic heterocycles. The fourth-order valence-corrected chi connectivity index (χ4v) is 0.563. The number of carbonyl (C=O) groups excluding carboxylic acids is 1. The van der Waals surface area contributed by atoms with Crippen molar-refractivity contribution in [2.24, 2.45) is 16.1 Å². The third-order valence-corrected chi connectivity index (χ3v) is 1.11. The van der Waals surface area contributed by atoms with E-state index >= 15 is 0 Å². The van der Waals surface area contributed by atoms with Crippen molar-refractivity contribution in [2.45, 2.75) is 20.8 Å². The van der Waals surface area contributed by atoms with Gasteiger partial charge in [0.15, 0.2) is 0 Å². The summed E-state index contributed by atoms with van der Waals surface area (Å²) in [6.45, 7) is 6.56. The fourth-order valence-electron chi connectivity index (χ4n) is 0.563. The highest BCUT2D eigenvalue weighted by molar-refractivity contribution is 5.91. The molecule has 0 aromatic carbocycles. The molecule has 0 spiro atoms. The smallest absolute Gasteiger partial charge is 0.341 e. The van der Waals surface area contributed by atoms with Crippen molar-refractivity contribution in [1.82, 2.24) is 10.8 Å². The molecule has 0 aliphatic carbocycles. The zero-order valence-corrected chi connectivity index (χ0v) is 8.09. The quantitative estimate of drug-likeness (QED) is 0.265. The van der Waals surface area contributed by atoms with E-state index in [9.17, 15) is 4.79 Å². The number of rotatable bonds is 1. The van der Waals surface area contributed by atoms with Crippen LogP contribution in [-0.2, 0) is 0 Å². The van der Waals surface area contributed by atoms with Gasteiger partial charge in [0.05, 0.1) is 0 Å². The monoisotopic (exact) mass is 188 g/mol. The van der Waals surface area contributed by atoms with Gasteiger partial charge in [0.25, 0.3) is 0 Å². The number of aliphatic imine (C=N–C) groups is 1. The summed E-state index contributed by atoms with van der Waals surface area (Å²) in [6.07, 6.45) is 0. The number of nitrogens with zero attached hydrogens (tertiary/aromatic N) is 1. The van der Waals surface area contributed by atoms with Crippen molar-refractivity contribution in [3.63, 3.8) is 0 Å². The minimum atomic E-state index is -0.863. The highest BCUT2D eigenvalue weighted by atomic mass is 16.5. The average Bonchev–Trinajstić information content (AvgIpc) is 1.95. The first kappa shape index (κ1) is 11.7. The number of nitrogens with two attached hydrogens (primary N) is 1. The Morgan fingerprint density at radius 2 is 2.08 bits per heavy atom. The molecule has 0 saturated carbocycles. The number of primary amides is 1. The molecule has 13 heavy (non-hydrogen) atoms. The first-order valence-corrected chi connectivity index (χ1v) is 3.87. The Bertz CT molecular complexity index is 207. The van der Waals surface area contributed by atoms with E-state index in [1.807, 2.05) is 20.8 Å². The van der Waals surface area contributed by atoms with Crippen LogP contribution in [0.2, 0.25) is 0 Å². The van der Waals surface area contributed by atoms with Crippen molar-refractivity contribution < 1.29 is 10.0 Å². The van der Waals surface area contributed by atoms with Gasteiger partial charge < -0.3 is 11.1 Å². The van der Waals surface area contributed by atoms with E-state index in [1.54, 1.807) is 5.48 Å². The van der Waals surface area contributed by atoms with Crippen LogP contribution in [0, 0.1) is 5.41 Å². The van der Waals surface area contributed by atoms with Gasteiger partial charge in [0.2, 0.25) is 5.96 Å². The molecule has 6 heteroatoms. The molecule has 0 heterocycles. The largest absolute Gasteiger partial charge is 0.354 e. The molecule has 0 aliphatic heterocycles. The summed E-state index contributed by atoms with van der Waals surface area (Å²) in [5.41, 5.74) is 6.56. The Kier molecular flexibility index (Phi) is 4.19. The van der Waals surface area contributed by atoms with Crippen molar-refractivity contribution in [1.29, 1.82) is 0 Å². The fraction of sp³-hybridized carbons (Fsp3) is 0.714. The molecule has 0 saturated heterocycles. The number of hydrogen-bond acceptors (Lipinski definition) is 2. The SMILES string of the molecule is CC(C)(C)CN/C(=N/C(N)=O)NO. The molecular formula is C7H16N4O2. The molecule has 0 atom stereocenters. The predicted octanol–water partition coefficient (Wildman–Crippen LogP) is 0.0356. The number of nitrogens with one attached hydrogen (secondary N) is 2. The number of guanidine groups is 1. The summed E-state index contributed by atoms with van der Waals surface area (Å²) in [5.74, 6) is -0.0394. The summed E-state index contributed by atoms with van der Waals surface area (Å²) in [7, 11) is 0. The van der Waals surface area contributed by atoms with E-state index in [-0.39, 0.29) is 11.4 Å². The second-order valence-electron chi connectivity index (χ2n) is 3.82. The minimum Gasteiger partial charge on any atom is -0.354 e. The molecule has 0 bridgehead atoms. The molecule has 0 fully saturated rings. The highest BCUT2D eigenvalue weighted by Crippen LogP contribution is 2.09. The molecular weight excluding hydrogens is 172 g/mol. The maximum Gasteiger partial charge on any atom is 0.341 e. The van der Waals surface area contributed by atoms with Crippen molar-refractivity contribution in [3.05, 3.63) is 0 Å². The van der Waals surface area contributed by atoms with Gasteiger partial charge in [-0.3, -0.25) is 5.21 Å². The molecule has 5 N–H and O–H groups in total. The average molecular weight is 188 g/mol. The van der Waals surface area contributed by atoms with Crippen molar-refractivity contribution in [3.8, 4) is 0 Å².